The molecular formula is C12H14O2S. The van der Waals surface area contributed by atoms with Gasteiger partial charge >= 0.3 is 0 Å². The zero-order chi connectivity index (χ0) is 11.1. The van der Waals surface area contributed by atoms with Crippen LogP contribution < -0.4 is 4.74 Å². The van der Waals surface area contributed by atoms with Crippen LogP contribution in [0.3, 0.4) is 0 Å². The first-order valence-electron chi connectivity index (χ1n) is 4.77. The van der Waals surface area contributed by atoms with Crippen LogP contribution in [0.5, 0.6) is 5.75 Å². The Kier molecular flexibility index (Phi) is 4.98. The van der Waals surface area contributed by atoms with E-state index in [2.05, 4.69) is 19.2 Å². The second-order valence-electron chi connectivity index (χ2n) is 3.14. The highest BCUT2D eigenvalue weighted by atomic mass is 32.1. The normalized spacial score (nSPS) is 9.67. The first kappa shape index (κ1) is 11.9. The highest BCUT2D eigenvalue weighted by molar-refractivity contribution is 7.96. The van der Waals surface area contributed by atoms with Crippen molar-refractivity contribution in [2.45, 2.75) is 12.8 Å². The number of thiol groups is 1. The molecule has 0 N–H and O–H groups in total. The van der Waals surface area contributed by atoms with Crippen molar-refractivity contribution in [1.29, 1.82) is 0 Å². The Bertz CT molecular complexity index is 330. The van der Waals surface area contributed by atoms with Gasteiger partial charge in [-0.1, -0.05) is 24.8 Å². The van der Waals surface area contributed by atoms with E-state index in [4.69, 9.17) is 4.74 Å². The second-order valence-corrected chi connectivity index (χ2v) is 3.64. The summed E-state index contributed by atoms with van der Waals surface area (Å²) in [6.45, 7) is 4.08. The number of carbonyl (C=O) groups is 1. The zero-order valence-electron chi connectivity index (χ0n) is 8.48. The van der Waals surface area contributed by atoms with Gasteiger partial charge in [0.2, 0.25) is 0 Å². The molecule has 0 unspecified atom stereocenters. The van der Waals surface area contributed by atoms with Crippen molar-refractivity contribution in [3.63, 3.8) is 0 Å². The summed E-state index contributed by atoms with van der Waals surface area (Å²) in [4.78, 5) is 10.7. The van der Waals surface area contributed by atoms with Crippen LogP contribution in [0.2, 0.25) is 0 Å². The zero-order valence-corrected chi connectivity index (χ0v) is 9.37. The van der Waals surface area contributed by atoms with E-state index in [0.29, 0.717) is 13.0 Å². The van der Waals surface area contributed by atoms with Gasteiger partial charge < -0.3 is 4.74 Å². The second kappa shape index (κ2) is 6.30. The molecule has 0 saturated heterocycles. The predicted molar refractivity (Wildman–Crippen MR) is 64.4 cm³/mol. The van der Waals surface area contributed by atoms with Crippen LogP contribution in [0.15, 0.2) is 36.9 Å². The largest absolute Gasteiger partial charge is 0.490 e. The Hall–Kier alpha value is -1.22. The highest BCUT2D eigenvalue weighted by Gasteiger charge is 1.98. The number of hydrogen-bond donors (Lipinski definition) is 1. The van der Waals surface area contributed by atoms with Gasteiger partial charge in [-0.05, 0) is 24.1 Å². The average Bonchev–Trinajstić information content (AvgIpc) is 2.25. The summed E-state index contributed by atoms with van der Waals surface area (Å²) in [5.41, 5.74) is 1.11. The van der Waals surface area contributed by atoms with Gasteiger partial charge in [0, 0.05) is 6.42 Å². The summed E-state index contributed by atoms with van der Waals surface area (Å²) < 4.78 is 5.34. The van der Waals surface area contributed by atoms with Crippen molar-refractivity contribution in [3.8, 4) is 5.75 Å². The molecule has 0 aliphatic carbocycles. The molecule has 3 heteroatoms. The molecule has 0 heterocycles. The SMILES string of the molecule is C=CCOc1ccc(CCC(=O)S)cc1. The van der Waals surface area contributed by atoms with E-state index in [-0.39, 0.29) is 5.12 Å². The van der Waals surface area contributed by atoms with E-state index in [1.165, 1.54) is 0 Å². The summed E-state index contributed by atoms with van der Waals surface area (Å²) in [5.74, 6) is 0.816. The smallest absolute Gasteiger partial charge is 0.186 e. The summed E-state index contributed by atoms with van der Waals surface area (Å²) in [5, 5.41) is -0.0815. The first-order valence-corrected chi connectivity index (χ1v) is 5.21. The molecule has 1 aromatic rings. The number of benzene rings is 1. The third-order valence-electron chi connectivity index (χ3n) is 1.92. The maximum Gasteiger partial charge on any atom is 0.186 e. The molecule has 0 amide bonds. The van der Waals surface area contributed by atoms with Crippen LogP contribution in [0, 0.1) is 0 Å². The minimum absolute atomic E-state index is 0.0815. The number of carbonyl (C=O) groups excluding carboxylic acids is 1. The Morgan fingerprint density at radius 1 is 1.40 bits per heavy atom. The number of ether oxygens (including phenoxy) is 1. The van der Waals surface area contributed by atoms with Gasteiger partial charge in [-0.3, -0.25) is 4.79 Å². The summed E-state index contributed by atoms with van der Waals surface area (Å²) in [6, 6.07) is 7.69. The molecule has 0 aromatic heterocycles. The molecule has 0 bridgehead atoms. The standard InChI is InChI=1S/C12H14O2S/c1-2-9-14-11-6-3-10(4-7-11)5-8-12(13)15/h2-4,6-7H,1,5,8-9H2,(H,13,15). The van der Waals surface area contributed by atoms with Crippen molar-refractivity contribution in [2.24, 2.45) is 0 Å². The fourth-order valence-corrected chi connectivity index (χ4v) is 1.27. The quantitative estimate of drug-likeness (QED) is 0.591. The van der Waals surface area contributed by atoms with Crippen LogP contribution in [0.4, 0.5) is 0 Å². The van der Waals surface area contributed by atoms with Crippen LogP contribution >= 0.6 is 12.6 Å². The fourth-order valence-electron chi connectivity index (χ4n) is 1.16. The highest BCUT2D eigenvalue weighted by Crippen LogP contribution is 2.13. The minimum atomic E-state index is -0.0815. The molecule has 0 fully saturated rings. The molecule has 0 radical (unpaired) electrons. The van der Waals surface area contributed by atoms with E-state index in [1.54, 1.807) is 6.08 Å². The topological polar surface area (TPSA) is 26.3 Å². The molecule has 1 aromatic carbocycles. The average molecular weight is 222 g/mol. The summed E-state index contributed by atoms with van der Waals surface area (Å²) >= 11 is 3.72. The molecule has 15 heavy (non-hydrogen) atoms. The number of rotatable bonds is 6. The van der Waals surface area contributed by atoms with E-state index in [1.807, 2.05) is 24.3 Å². The molecule has 2 nitrogen and oxygen atoms in total. The van der Waals surface area contributed by atoms with Crippen molar-refractivity contribution in [3.05, 3.63) is 42.5 Å². The lowest BCUT2D eigenvalue weighted by atomic mass is 10.1. The Morgan fingerprint density at radius 3 is 2.60 bits per heavy atom. The van der Waals surface area contributed by atoms with E-state index >= 15 is 0 Å². The monoisotopic (exact) mass is 222 g/mol. The van der Waals surface area contributed by atoms with Gasteiger partial charge in [-0.2, -0.15) is 0 Å². The van der Waals surface area contributed by atoms with Crippen LogP contribution in [0.25, 0.3) is 0 Å². The van der Waals surface area contributed by atoms with E-state index in [9.17, 15) is 4.79 Å². The van der Waals surface area contributed by atoms with Crippen molar-refractivity contribution < 1.29 is 9.53 Å². The molecule has 0 aliphatic heterocycles. The van der Waals surface area contributed by atoms with Gasteiger partial charge in [0.25, 0.3) is 0 Å². The van der Waals surface area contributed by atoms with E-state index < -0.39 is 0 Å². The molecule has 0 atom stereocenters. The molecule has 0 spiro atoms. The molecular weight excluding hydrogens is 208 g/mol. The van der Waals surface area contributed by atoms with E-state index in [0.717, 1.165) is 17.7 Å². The lowest BCUT2D eigenvalue weighted by Gasteiger charge is -2.04. The van der Waals surface area contributed by atoms with Crippen molar-refractivity contribution in [1.82, 2.24) is 0 Å². The molecule has 1 rings (SSSR count). The lowest BCUT2D eigenvalue weighted by molar-refractivity contribution is -0.110. The summed E-state index contributed by atoms with van der Waals surface area (Å²) in [7, 11) is 0. The van der Waals surface area contributed by atoms with Crippen LogP contribution in [-0.4, -0.2) is 11.7 Å². The molecule has 80 valence electrons. The number of hydrogen-bond acceptors (Lipinski definition) is 2. The maximum absolute atomic E-state index is 10.7. The van der Waals surface area contributed by atoms with Crippen LogP contribution in [0.1, 0.15) is 12.0 Å². The van der Waals surface area contributed by atoms with Crippen LogP contribution in [-0.2, 0) is 11.2 Å². The predicted octanol–water partition coefficient (Wildman–Crippen LogP) is 2.64. The van der Waals surface area contributed by atoms with Gasteiger partial charge in [-0.15, -0.1) is 12.6 Å². The molecule has 0 aliphatic rings. The van der Waals surface area contributed by atoms with Gasteiger partial charge in [0.15, 0.2) is 5.12 Å². The third kappa shape index (κ3) is 4.70. The maximum atomic E-state index is 10.7. The minimum Gasteiger partial charge on any atom is -0.490 e. The fraction of sp³-hybridized carbons (Fsp3) is 0.250. The first-order chi connectivity index (χ1) is 7.22. The summed E-state index contributed by atoms with van der Waals surface area (Å²) in [6.07, 6.45) is 2.90. The number of aryl methyl sites for hydroxylation is 1. The van der Waals surface area contributed by atoms with Gasteiger partial charge in [0.05, 0.1) is 0 Å². The lowest BCUT2D eigenvalue weighted by Crippen LogP contribution is -1.94. The molecule has 0 saturated carbocycles. The third-order valence-corrected chi connectivity index (χ3v) is 2.14. The Balaban J connectivity index is 2.48. The Morgan fingerprint density at radius 2 is 2.07 bits per heavy atom. The van der Waals surface area contributed by atoms with Crippen molar-refractivity contribution in [2.75, 3.05) is 6.61 Å². The Labute approximate surface area is 95.4 Å². The van der Waals surface area contributed by atoms with Crippen molar-refractivity contribution >= 4 is 17.7 Å². The van der Waals surface area contributed by atoms with Gasteiger partial charge in [-0.25, -0.2) is 0 Å². The van der Waals surface area contributed by atoms with Gasteiger partial charge in [0.1, 0.15) is 12.4 Å².